The lowest BCUT2D eigenvalue weighted by atomic mass is 10.2. The van der Waals surface area contributed by atoms with Gasteiger partial charge in [-0.2, -0.15) is 0 Å². The van der Waals surface area contributed by atoms with E-state index in [1.165, 1.54) is 6.33 Å². The van der Waals surface area contributed by atoms with Gasteiger partial charge in [0.1, 0.15) is 17.3 Å². The summed E-state index contributed by atoms with van der Waals surface area (Å²) in [6.07, 6.45) is 6.70. The number of nitrogens with zero attached hydrogens (tertiary/aromatic N) is 2. The van der Waals surface area contributed by atoms with Crippen LogP contribution in [0.5, 0.6) is 0 Å². The maximum Gasteiger partial charge on any atom is 0.137 e. The van der Waals surface area contributed by atoms with E-state index in [1.54, 1.807) is 12.5 Å². The summed E-state index contributed by atoms with van der Waals surface area (Å²) < 4.78 is 5.01. The Morgan fingerprint density at radius 3 is 3.00 bits per heavy atom. The first-order valence-electron chi connectivity index (χ1n) is 5.55. The fourth-order valence-electron chi connectivity index (χ4n) is 1.59. The number of rotatable bonds is 5. The van der Waals surface area contributed by atoms with Gasteiger partial charge in [0.15, 0.2) is 0 Å². The summed E-state index contributed by atoms with van der Waals surface area (Å²) in [5.41, 5.74) is 2.04. The number of furan rings is 1. The van der Waals surface area contributed by atoms with E-state index in [0.29, 0.717) is 11.7 Å². The first-order chi connectivity index (χ1) is 8.31. The molecule has 0 aliphatic carbocycles. The van der Waals surface area contributed by atoms with Gasteiger partial charge < -0.3 is 9.73 Å². The van der Waals surface area contributed by atoms with Gasteiger partial charge in [-0.1, -0.05) is 24.9 Å². The van der Waals surface area contributed by atoms with Crippen LogP contribution in [0.15, 0.2) is 29.3 Å². The van der Waals surface area contributed by atoms with Crippen LogP contribution in [0.25, 0.3) is 0 Å². The average Bonchev–Trinajstić information content (AvgIpc) is 2.83. The Kier molecular flexibility index (Phi) is 3.98. The van der Waals surface area contributed by atoms with Crippen LogP contribution in [0, 0.1) is 0 Å². The van der Waals surface area contributed by atoms with E-state index < -0.39 is 0 Å². The van der Waals surface area contributed by atoms with Gasteiger partial charge in [0, 0.05) is 17.7 Å². The highest BCUT2D eigenvalue weighted by Gasteiger charge is 2.08. The Labute approximate surface area is 105 Å². The molecule has 0 radical (unpaired) electrons. The van der Waals surface area contributed by atoms with Crippen LogP contribution >= 0.6 is 11.6 Å². The van der Waals surface area contributed by atoms with Gasteiger partial charge in [0.05, 0.1) is 12.5 Å². The molecule has 2 rings (SSSR count). The maximum absolute atomic E-state index is 6.06. The molecule has 0 saturated carbocycles. The Hall–Kier alpha value is -1.55. The number of hydrogen-bond donors (Lipinski definition) is 1. The quantitative estimate of drug-likeness (QED) is 0.829. The van der Waals surface area contributed by atoms with Gasteiger partial charge in [0.2, 0.25) is 0 Å². The third kappa shape index (κ3) is 2.97. The first-order valence-corrected chi connectivity index (χ1v) is 5.93. The number of hydrogen-bond acceptors (Lipinski definition) is 4. The average molecular weight is 252 g/mol. The van der Waals surface area contributed by atoms with Crippen LogP contribution in [0.1, 0.15) is 24.5 Å². The number of halogens is 1. The standard InChI is InChI=1S/C12H14ClN3O/c1-2-3-10-11(13)15-8-16-12(10)14-6-9-4-5-17-7-9/h4-5,7-8H,2-3,6H2,1H3,(H,14,15,16). The van der Waals surface area contributed by atoms with Crippen molar-refractivity contribution in [3.63, 3.8) is 0 Å². The van der Waals surface area contributed by atoms with Crippen LogP contribution in [-0.2, 0) is 13.0 Å². The van der Waals surface area contributed by atoms with Gasteiger partial charge in [-0.3, -0.25) is 0 Å². The molecule has 4 nitrogen and oxygen atoms in total. The Bertz CT molecular complexity index is 471. The SMILES string of the molecule is CCCc1c(Cl)ncnc1NCc1ccoc1. The molecule has 0 fully saturated rings. The van der Waals surface area contributed by atoms with E-state index in [0.717, 1.165) is 29.8 Å². The van der Waals surface area contributed by atoms with Crippen LogP contribution in [-0.4, -0.2) is 9.97 Å². The highest BCUT2D eigenvalue weighted by molar-refractivity contribution is 6.30. The lowest BCUT2D eigenvalue weighted by molar-refractivity contribution is 0.564. The Morgan fingerprint density at radius 2 is 2.29 bits per heavy atom. The largest absolute Gasteiger partial charge is 0.472 e. The van der Waals surface area contributed by atoms with Crippen molar-refractivity contribution in [2.24, 2.45) is 0 Å². The van der Waals surface area contributed by atoms with Crippen molar-refractivity contribution in [1.29, 1.82) is 0 Å². The topological polar surface area (TPSA) is 51.0 Å². The molecule has 0 aliphatic heterocycles. The zero-order valence-corrected chi connectivity index (χ0v) is 10.4. The van der Waals surface area contributed by atoms with Crippen molar-refractivity contribution in [2.75, 3.05) is 5.32 Å². The van der Waals surface area contributed by atoms with Gasteiger partial charge in [-0.05, 0) is 12.5 Å². The van der Waals surface area contributed by atoms with E-state index >= 15 is 0 Å². The predicted octanol–water partition coefficient (Wildman–Crippen LogP) is 3.29. The molecule has 0 bridgehead atoms. The Balaban J connectivity index is 2.11. The minimum atomic E-state index is 0.525. The van der Waals surface area contributed by atoms with E-state index in [-0.39, 0.29) is 0 Å². The molecule has 2 aromatic heterocycles. The zero-order valence-electron chi connectivity index (χ0n) is 9.61. The summed E-state index contributed by atoms with van der Waals surface area (Å²) in [6, 6.07) is 1.91. The van der Waals surface area contributed by atoms with Gasteiger partial charge in [0.25, 0.3) is 0 Å². The molecular formula is C12H14ClN3O. The van der Waals surface area contributed by atoms with Crippen molar-refractivity contribution in [2.45, 2.75) is 26.3 Å². The van der Waals surface area contributed by atoms with Crippen LogP contribution in [0.2, 0.25) is 5.15 Å². The van der Waals surface area contributed by atoms with E-state index in [4.69, 9.17) is 16.0 Å². The second kappa shape index (κ2) is 5.68. The van der Waals surface area contributed by atoms with Crippen molar-refractivity contribution in [1.82, 2.24) is 9.97 Å². The molecule has 0 spiro atoms. The van der Waals surface area contributed by atoms with E-state index in [1.807, 2.05) is 6.07 Å². The second-order valence-corrected chi connectivity index (χ2v) is 4.08. The zero-order chi connectivity index (χ0) is 12.1. The minimum Gasteiger partial charge on any atom is -0.472 e. The fraction of sp³-hybridized carbons (Fsp3) is 0.333. The van der Waals surface area contributed by atoms with E-state index in [9.17, 15) is 0 Å². The number of aromatic nitrogens is 2. The third-order valence-electron chi connectivity index (χ3n) is 2.43. The molecule has 5 heteroatoms. The highest BCUT2D eigenvalue weighted by atomic mass is 35.5. The third-order valence-corrected chi connectivity index (χ3v) is 2.76. The summed E-state index contributed by atoms with van der Waals surface area (Å²) in [5, 5.41) is 3.77. The second-order valence-electron chi connectivity index (χ2n) is 3.73. The summed E-state index contributed by atoms with van der Waals surface area (Å²) in [6.45, 7) is 2.77. The predicted molar refractivity (Wildman–Crippen MR) is 67.1 cm³/mol. The van der Waals surface area contributed by atoms with Gasteiger partial charge >= 0.3 is 0 Å². The van der Waals surface area contributed by atoms with Gasteiger partial charge in [-0.15, -0.1) is 0 Å². The molecule has 0 aliphatic rings. The van der Waals surface area contributed by atoms with Crippen LogP contribution < -0.4 is 5.32 Å². The van der Waals surface area contributed by atoms with Crippen LogP contribution in [0.4, 0.5) is 5.82 Å². The molecule has 1 N–H and O–H groups in total. The molecular weight excluding hydrogens is 238 g/mol. The number of anilines is 1. The van der Waals surface area contributed by atoms with Crippen LogP contribution in [0.3, 0.4) is 0 Å². The number of nitrogens with one attached hydrogen (secondary N) is 1. The monoisotopic (exact) mass is 251 g/mol. The maximum atomic E-state index is 6.06. The normalized spacial score (nSPS) is 10.5. The van der Waals surface area contributed by atoms with Crippen molar-refractivity contribution >= 4 is 17.4 Å². The molecule has 2 heterocycles. The molecule has 90 valence electrons. The van der Waals surface area contributed by atoms with Crippen molar-refractivity contribution in [3.8, 4) is 0 Å². The molecule has 2 aromatic rings. The lowest BCUT2D eigenvalue weighted by Gasteiger charge is -2.10. The summed E-state index contributed by atoms with van der Waals surface area (Å²) >= 11 is 6.06. The summed E-state index contributed by atoms with van der Waals surface area (Å²) in [5.74, 6) is 0.799. The summed E-state index contributed by atoms with van der Waals surface area (Å²) in [7, 11) is 0. The molecule has 0 saturated heterocycles. The lowest BCUT2D eigenvalue weighted by Crippen LogP contribution is -2.05. The summed E-state index contributed by atoms with van der Waals surface area (Å²) in [4.78, 5) is 8.22. The Morgan fingerprint density at radius 1 is 1.41 bits per heavy atom. The van der Waals surface area contributed by atoms with E-state index in [2.05, 4.69) is 22.2 Å². The molecule has 0 atom stereocenters. The molecule has 0 unspecified atom stereocenters. The van der Waals surface area contributed by atoms with Crippen molar-refractivity contribution < 1.29 is 4.42 Å². The molecule has 0 aromatic carbocycles. The highest BCUT2D eigenvalue weighted by Crippen LogP contribution is 2.21. The minimum absolute atomic E-state index is 0.525. The van der Waals surface area contributed by atoms with Crippen molar-refractivity contribution in [3.05, 3.63) is 41.2 Å². The molecule has 0 amide bonds. The molecule has 17 heavy (non-hydrogen) atoms. The smallest absolute Gasteiger partial charge is 0.137 e. The first kappa shape index (κ1) is 11.9. The fourth-order valence-corrected chi connectivity index (χ4v) is 1.82. The van der Waals surface area contributed by atoms with Gasteiger partial charge in [-0.25, -0.2) is 9.97 Å².